The topological polar surface area (TPSA) is 87.3 Å². The molecule has 0 unspecified atom stereocenters. The van der Waals surface area contributed by atoms with Gasteiger partial charge in [0.05, 0.1) is 27.7 Å². The van der Waals surface area contributed by atoms with Gasteiger partial charge >= 0.3 is 0 Å². The number of pyridine rings is 2. The van der Waals surface area contributed by atoms with E-state index in [2.05, 4.69) is 4.98 Å². The van der Waals surface area contributed by atoms with Crippen molar-refractivity contribution in [2.24, 2.45) is 0 Å². The fourth-order valence-corrected chi connectivity index (χ4v) is 2.80. The van der Waals surface area contributed by atoms with Gasteiger partial charge in [0.15, 0.2) is 5.75 Å². The number of ether oxygens (including phenoxy) is 1. The molecule has 7 nitrogen and oxygen atoms in total. The fourth-order valence-electron chi connectivity index (χ4n) is 2.25. The summed E-state index contributed by atoms with van der Waals surface area (Å²) in [5.74, 6) is 0.393. The molecule has 0 aliphatic rings. The highest BCUT2D eigenvalue weighted by Crippen LogP contribution is 2.39. The molecule has 2 heterocycles. The molecule has 0 aliphatic heterocycles. The van der Waals surface area contributed by atoms with Crippen molar-refractivity contribution in [1.82, 2.24) is 9.55 Å². The normalized spacial score (nSPS) is 10.5. The monoisotopic (exact) mass is 391 g/mol. The molecular formula is C17H11Cl2N3O4. The van der Waals surface area contributed by atoms with Gasteiger partial charge in [-0.3, -0.25) is 19.9 Å². The fraction of sp³-hybridized carbons (Fsp3) is 0.0588. The van der Waals surface area contributed by atoms with E-state index in [1.54, 1.807) is 24.5 Å². The average molecular weight is 392 g/mol. The molecule has 1 aromatic carbocycles. The number of benzene rings is 1. The third-order valence-corrected chi connectivity index (χ3v) is 4.03. The molecule has 0 atom stereocenters. The molecule has 132 valence electrons. The standard InChI is InChI=1S/C17H11Cl2N3O4/c18-14-7-12(22(24)25)8-15(19)17(14)26-13-1-2-16(23)21(10-13)9-11-3-5-20-6-4-11/h1-8,10H,9H2. The molecule has 9 heteroatoms. The second kappa shape index (κ2) is 7.55. The summed E-state index contributed by atoms with van der Waals surface area (Å²) in [6.45, 7) is 0.334. The molecule has 0 spiro atoms. The molecule has 26 heavy (non-hydrogen) atoms. The second-order valence-electron chi connectivity index (χ2n) is 5.28. The Morgan fingerprint density at radius 2 is 1.77 bits per heavy atom. The van der Waals surface area contributed by atoms with Crippen LogP contribution in [0.15, 0.2) is 59.8 Å². The SMILES string of the molecule is O=c1ccc(Oc2c(Cl)cc([N+](=O)[O-])cc2Cl)cn1Cc1ccncc1. The summed E-state index contributed by atoms with van der Waals surface area (Å²) in [4.78, 5) is 26.2. The van der Waals surface area contributed by atoms with Crippen LogP contribution in [0.3, 0.4) is 0 Å². The number of halogens is 2. The van der Waals surface area contributed by atoms with Crippen molar-refractivity contribution in [2.75, 3.05) is 0 Å². The largest absolute Gasteiger partial charge is 0.453 e. The van der Waals surface area contributed by atoms with Crippen molar-refractivity contribution < 1.29 is 9.66 Å². The third kappa shape index (κ3) is 4.01. The minimum absolute atomic E-state index is 0.00363. The predicted molar refractivity (Wildman–Crippen MR) is 97.2 cm³/mol. The lowest BCUT2D eigenvalue weighted by Crippen LogP contribution is -2.18. The molecule has 0 radical (unpaired) electrons. The number of non-ortho nitro benzene ring substituents is 1. The molecule has 2 aromatic heterocycles. The third-order valence-electron chi connectivity index (χ3n) is 3.47. The van der Waals surface area contributed by atoms with Gasteiger partial charge in [-0.15, -0.1) is 0 Å². The summed E-state index contributed by atoms with van der Waals surface area (Å²) >= 11 is 12.1. The number of nitro groups is 1. The summed E-state index contributed by atoms with van der Waals surface area (Å²) in [5, 5.41) is 10.8. The Labute approximate surface area is 157 Å². The van der Waals surface area contributed by atoms with Crippen LogP contribution in [0.5, 0.6) is 11.5 Å². The van der Waals surface area contributed by atoms with Crippen molar-refractivity contribution in [2.45, 2.75) is 6.54 Å². The van der Waals surface area contributed by atoms with Crippen LogP contribution >= 0.6 is 23.2 Å². The molecule has 0 N–H and O–H groups in total. The van der Waals surface area contributed by atoms with Crippen molar-refractivity contribution in [3.05, 3.63) is 91.1 Å². The van der Waals surface area contributed by atoms with Crippen LogP contribution in [0.1, 0.15) is 5.56 Å². The van der Waals surface area contributed by atoms with Crippen LogP contribution in [0.25, 0.3) is 0 Å². The Bertz CT molecular complexity index is 999. The molecule has 0 fully saturated rings. The number of nitro benzene ring substituents is 1. The Kier molecular flexibility index (Phi) is 5.20. The van der Waals surface area contributed by atoms with Crippen molar-refractivity contribution >= 4 is 28.9 Å². The highest BCUT2D eigenvalue weighted by molar-refractivity contribution is 6.37. The first-order valence-corrected chi connectivity index (χ1v) is 8.10. The summed E-state index contributed by atoms with van der Waals surface area (Å²) < 4.78 is 7.11. The molecule has 3 rings (SSSR count). The van der Waals surface area contributed by atoms with Gasteiger partial charge in [0, 0.05) is 30.6 Å². The smallest absolute Gasteiger partial charge is 0.272 e. The van der Waals surface area contributed by atoms with Crippen LogP contribution < -0.4 is 10.3 Å². The molecule has 3 aromatic rings. The van der Waals surface area contributed by atoms with Gasteiger partial charge in [0.1, 0.15) is 5.75 Å². The quantitative estimate of drug-likeness (QED) is 0.477. The molecule has 0 bridgehead atoms. The van der Waals surface area contributed by atoms with E-state index in [4.69, 9.17) is 27.9 Å². The molecule has 0 aliphatic carbocycles. The number of nitrogens with zero attached hydrogens (tertiary/aromatic N) is 3. The zero-order chi connectivity index (χ0) is 18.7. The first-order valence-electron chi connectivity index (χ1n) is 7.35. The summed E-state index contributed by atoms with van der Waals surface area (Å²) in [6.07, 6.45) is 4.78. The van der Waals surface area contributed by atoms with Gasteiger partial charge < -0.3 is 9.30 Å². The van der Waals surface area contributed by atoms with Crippen LogP contribution in [0.2, 0.25) is 10.0 Å². The summed E-state index contributed by atoms with van der Waals surface area (Å²) in [6, 6.07) is 8.71. The average Bonchev–Trinajstić information content (AvgIpc) is 2.61. The lowest BCUT2D eigenvalue weighted by Gasteiger charge is -2.12. The second-order valence-corrected chi connectivity index (χ2v) is 6.10. The van der Waals surface area contributed by atoms with Gasteiger partial charge in [-0.1, -0.05) is 23.2 Å². The van der Waals surface area contributed by atoms with Gasteiger partial charge in [-0.05, 0) is 23.8 Å². The molecule has 0 saturated heterocycles. The summed E-state index contributed by atoms with van der Waals surface area (Å²) in [7, 11) is 0. The summed E-state index contributed by atoms with van der Waals surface area (Å²) in [5.41, 5.74) is 0.440. The predicted octanol–water partition coefficient (Wildman–Crippen LogP) is 4.30. The Morgan fingerprint density at radius 1 is 1.12 bits per heavy atom. The number of aromatic nitrogens is 2. The molecular weight excluding hydrogens is 381 g/mol. The van der Waals surface area contributed by atoms with E-state index in [0.717, 1.165) is 17.7 Å². The van der Waals surface area contributed by atoms with E-state index in [1.165, 1.54) is 22.9 Å². The lowest BCUT2D eigenvalue weighted by atomic mass is 10.2. The minimum atomic E-state index is -0.601. The van der Waals surface area contributed by atoms with Crippen LogP contribution in [-0.2, 0) is 6.54 Å². The highest BCUT2D eigenvalue weighted by Gasteiger charge is 2.16. The van der Waals surface area contributed by atoms with E-state index in [9.17, 15) is 14.9 Å². The van der Waals surface area contributed by atoms with E-state index in [1.807, 2.05) is 0 Å². The Morgan fingerprint density at radius 3 is 2.38 bits per heavy atom. The first kappa shape index (κ1) is 17.9. The number of rotatable bonds is 5. The number of hydrogen-bond acceptors (Lipinski definition) is 5. The van der Waals surface area contributed by atoms with Crippen molar-refractivity contribution in [3.8, 4) is 11.5 Å². The maximum Gasteiger partial charge on any atom is 0.272 e. The van der Waals surface area contributed by atoms with Crippen molar-refractivity contribution in [3.63, 3.8) is 0 Å². The van der Waals surface area contributed by atoms with Gasteiger partial charge in [-0.25, -0.2) is 0 Å². The molecule has 0 amide bonds. The van der Waals surface area contributed by atoms with Crippen molar-refractivity contribution in [1.29, 1.82) is 0 Å². The zero-order valence-electron chi connectivity index (χ0n) is 13.1. The van der Waals surface area contributed by atoms with Crippen LogP contribution in [0.4, 0.5) is 5.69 Å². The number of hydrogen-bond donors (Lipinski definition) is 0. The zero-order valence-corrected chi connectivity index (χ0v) is 14.6. The first-order chi connectivity index (χ1) is 12.4. The Balaban J connectivity index is 1.91. The highest BCUT2D eigenvalue weighted by atomic mass is 35.5. The minimum Gasteiger partial charge on any atom is -0.453 e. The lowest BCUT2D eigenvalue weighted by molar-refractivity contribution is -0.384. The maximum atomic E-state index is 12.0. The van der Waals surface area contributed by atoms with Crippen LogP contribution in [-0.4, -0.2) is 14.5 Å². The van der Waals surface area contributed by atoms with E-state index in [0.29, 0.717) is 12.3 Å². The van der Waals surface area contributed by atoms with Gasteiger partial charge in [0.2, 0.25) is 0 Å². The molecule has 0 saturated carbocycles. The van der Waals surface area contributed by atoms with E-state index in [-0.39, 0.29) is 27.0 Å². The van der Waals surface area contributed by atoms with Crippen LogP contribution in [0, 0.1) is 10.1 Å². The maximum absolute atomic E-state index is 12.0. The van der Waals surface area contributed by atoms with E-state index < -0.39 is 4.92 Å². The van der Waals surface area contributed by atoms with Gasteiger partial charge in [0.25, 0.3) is 11.2 Å². The van der Waals surface area contributed by atoms with Gasteiger partial charge in [-0.2, -0.15) is 0 Å². The van der Waals surface area contributed by atoms with E-state index >= 15 is 0 Å². The Hall–Kier alpha value is -2.90.